The molecule has 0 aliphatic heterocycles. The Morgan fingerprint density at radius 1 is 1.22 bits per heavy atom. The van der Waals surface area contributed by atoms with E-state index in [1.165, 1.54) is 13.3 Å². The average molecular weight is 337 g/mol. The molecule has 0 fully saturated rings. The van der Waals surface area contributed by atoms with Gasteiger partial charge in [-0.15, -0.1) is 0 Å². The van der Waals surface area contributed by atoms with Crippen LogP contribution >= 0.6 is 0 Å². The van der Waals surface area contributed by atoms with Crippen LogP contribution in [0.2, 0.25) is 0 Å². The zero-order valence-electron chi connectivity index (χ0n) is 13.0. The number of anilines is 1. The summed E-state index contributed by atoms with van der Waals surface area (Å²) in [5.74, 6) is 0.294. The number of aryl methyl sites for hydroxylation is 1. The molecule has 0 saturated heterocycles. The summed E-state index contributed by atoms with van der Waals surface area (Å²) in [7, 11) is -3.49. The molecule has 1 aromatic carbocycles. The molecule has 2 N–H and O–H groups in total. The highest BCUT2D eigenvalue weighted by Crippen LogP contribution is 2.34. The van der Waals surface area contributed by atoms with Gasteiger partial charge in [0.05, 0.1) is 17.9 Å². The monoisotopic (exact) mass is 337 g/mol. The lowest BCUT2D eigenvalue weighted by molar-refractivity contribution is 0.197. The van der Waals surface area contributed by atoms with Crippen molar-refractivity contribution in [3.05, 3.63) is 36.2 Å². The smallest absolute Gasteiger partial charge is 0.233 e. The second kappa shape index (κ2) is 7.38. The molecule has 0 atom stereocenters. The van der Waals surface area contributed by atoms with Crippen LogP contribution in [0.15, 0.2) is 30.6 Å². The van der Waals surface area contributed by atoms with Crippen LogP contribution in [-0.2, 0) is 10.0 Å². The summed E-state index contributed by atoms with van der Waals surface area (Å²) >= 11 is 0. The van der Waals surface area contributed by atoms with Crippen LogP contribution in [0.25, 0.3) is 11.1 Å². The Hall–Kier alpha value is -2.19. The van der Waals surface area contributed by atoms with Gasteiger partial charge in [-0.25, -0.2) is 18.4 Å². The van der Waals surface area contributed by atoms with Crippen LogP contribution in [0.5, 0.6) is 5.88 Å². The summed E-state index contributed by atoms with van der Waals surface area (Å²) < 4.78 is 31.6. The van der Waals surface area contributed by atoms with E-state index in [1.807, 2.05) is 31.2 Å². The van der Waals surface area contributed by atoms with Crippen molar-refractivity contribution in [3.8, 4) is 17.0 Å². The van der Waals surface area contributed by atoms with Crippen LogP contribution in [0.4, 0.5) is 5.82 Å². The Morgan fingerprint density at radius 2 is 1.91 bits per heavy atom. The number of benzene rings is 1. The summed E-state index contributed by atoms with van der Waals surface area (Å²) in [4.78, 5) is 8.09. The van der Waals surface area contributed by atoms with E-state index in [9.17, 15) is 8.42 Å². The van der Waals surface area contributed by atoms with Crippen molar-refractivity contribution in [2.75, 3.05) is 23.7 Å². The third kappa shape index (κ3) is 4.40. The fourth-order valence-corrected chi connectivity index (χ4v) is 2.49. The molecule has 23 heavy (non-hydrogen) atoms. The molecule has 0 amide bonds. The number of aromatic nitrogens is 2. The Morgan fingerprint density at radius 3 is 2.52 bits per heavy atom. The van der Waals surface area contributed by atoms with Crippen LogP contribution in [0.3, 0.4) is 0 Å². The molecule has 0 radical (unpaired) electrons. The standard InChI is InChI=1S/C15H19N3O4S/c1-3-23(20,21)18-14-13(12-6-4-11(2)5-7-12)15(17-10-16-14)22-9-8-19/h4-7,10,19H,3,8-9H2,1-2H3,(H,16,17,18). The molecular formula is C15H19N3O4S. The first-order valence-corrected chi connectivity index (χ1v) is 8.78. The number of aliphatic hydroxyl groups excluding tert-OH is 1. The predicted molar refractivity (Wildman–Crippen MR) is 87.9 cm³/mol. The van der Waals surface area contributed by atoms with E-state index >= 15 is 0 Å². The largest absolute Gasteiger partial charge is 0.475 e. The second-order valence-electron chi connectivity index (χ2n) is 4.85. The summed E-state index contributed by atoms with van der Waals surface area (Å²) in [5, 5.41) is 8.94. The third-order valence-corrected chi connectivity index (χ3v) is 4.38. The summed E-state index contributed by atoms with van der Waals surface area (Å²) in [6.07, 6.45) is 1.22. The molecule has 8 heteroatoms. The highest BCUT2D eigenvalue weighted by Gasteiger charge is 2.18. The van der Waals surface area contributed by atoms with Crippen LogP contribution in [-0.4, -0.2) is 42.5 Å². The Labute approximate surface area is 135 Å². The van der Waals surface area contributed by atoms with Crippen molar-refractivity contribution in [1.82, 2.24) is 9.97 Å². The molecule has 0 saturated carbocycles. The number of hydrogen-bond donors (Lipinski definition) is 2. The molecule has 0 unspecified atom stereocenters. The molecule has 0 aliphatic carbocycles. The Kier molecular flexibility index (Phi) is 5.51. The van der Waals surface area contributed by atoms with Gasteiger partial charge in [-0.3, -0.25) is 4.72 Å². The zero-order valence-corrected chi connectivity index (χ0v) is 13.8. The highest BCUT2D eigenvalue weighted by molar-refractivity contribution is 7.92. The van der Waals surface area contributed by atoms with E-state index in [0.717, 1.165) is 11.1 Å². The minimum Gasteiger partial charge on any atom is -0.475 e. The van der Waals surface area contributed by atoms with Crippen LogP contribution < -0.4 is 9.46 Å². The number of nitrogens with zero attached hydrogens (tertiary/aromatic N) is 2. The van der Waals surface area contributed by atoms with Crippen LogP contribution in [0, 0.1) is 6.92 Å². The average Bonchev–Trinajstić information content (AvgIpc) is 2.54. The normalized spacial score (nSPS) is 11.3. The van der Waals surface area contributed by atoms with Crippen molar-refractivity contribution in [3.63, 3.8) is 0 Å². The number of ether oxygens (including phenoxy) is 1. The molecule has 2 rings (SSSR count). The van der Waals surface area contributed by atoms with Crippen molar-refractivity contribution < 1.29 is 18.3 Å². The number of rotatable bonds is 7. The number of hydrogen-bond acceptors (Lipinski definition) is 6. The van der Waals surface area contributed by atoms with Crippen molar-refractivity contribution in [1.29, 1.82) is 0 Å². The minimum atomic E-state index is -3.49. The van der Waals surface area contributed by atoms with Crippen molar-refractivity contribution in [2.24, 2.45) is 0 Å². The summed E-state index contributed by atoms with van der Waals surface area (Å²) in [6.45, 7) is 3.37. The van der Waals surface area contributed by atoms with Gasteiger partial charge in [0.2, 0.25) is 15.9 Å². The zero-order chi connectivity index (χ0) is 16.9. The number of sulfonamides is 1. The van der Waals surface area contributed by atoms with E-state index in [0.29, 0.717) is 5.56 Å². The molecule has 2 aromatic rings. The van der Waals surface area contributed by atoms with Gasteiger partial charge in [-0.2, -0.15) is 0 Å². The number of aliphatic hydroxyl groups is 1. The maximum atomic E-state index is 11.9. The van der Waals surface area contributed by atoms with Crippen LogP contribution in [0.1, 0.15) is 12.5 Å². The maximum Gasteiger partial charge on any atom is 0.233 e. The summed E-state index contributed by atoms with van der Waals surface area (Å²) in [6, 6.07) is 7.47. The minimum absolute atomic E-state index is 0.0514. The molecule has 1 heterocycles. The first-order chi connectivity index (χ1) is 11.0. The SMILES string of the molecule is CCS(=O)(=O)Nc1ncnc(OCCO)c1-c1ccc(C)cc1. The van der Waals surface area contributed by atoms with Gasteiger partial charge >= 0.3 is 0 Å². The van der Waals surface area contributed by atoms with Crippen molar-refractivity contribution >= 4 is 15.8 Å². The van der Waals surface area contributed by atoms with Crippen molar-refractivity contribution in [2.45, 2.75) is 13.8 Å². The molecule has 124 valence electrons. The lowest BCUT2D eigenvalue weighted by atomic mass is 10.1. The van der Waals surface area contributed by atoms with Gasteiger partial charge in [0, 0.05) is 0 Å². The molecular weight excluding hydrogens is 318 g/mol. The highest BCUT2D eigenvalue weighted by atomic mass is 32.2. The second-order valence-corrected chi connectivity index (χ2v) is 6.86. The fourth-order valence-electron chi connectivity index (χ4n) is 1.90. The van der Waals surface area contributed by atoms with Gasteiger partial charge in [-0.1, -0.05) is 29.8 Å². The lowest BCUT2D eigenvalue weighted by Crippen LogP contribution is -2.17. The van der Waals surface area contributed by atoms with E-state index in [-0.39, 0.29) is 30.7 Å². The van der Waals surface area contributed by atoms with Gasteiger partial charge in [-0.05, 0) is 19.4 Å². The quantitative estimate of drug-likeness (QED) is 0.795. The molecule has 0 spiro atoms. The molecule has 7 nitrogen and oxygen atoms in total. The number of nitrogens with one attached hydrogen (secondary N) is 1. The molecule has 1 aromatic heterocycles. The lowest BCUT2D eigenvalue weighted by Gasteiger charge is -2.14. The maximum absolute atomic E-state index is 11.9. The first kappa shape index (κ1) is 17.2. The third-order valence-electron chi connectivity index (χ3n) is 3.12. The first-order valence-electron chi connectivity index (χ1n) is 7.13. The Bertz CT molecular complexity index is 761. The van der Waals surface area contributed by atoms with E-state index in [1.54, 1.807) is 0 Å². The van der Waals surface area contributed by atoms with E-state index < -0.39 is 10.0 Å². The Balaban J connectivity index is 2.55. The van der Waals surface area contributed by atoms with Gasteiger partial charge in [0.15, 0.2) is 5.82 Å². The van der Waals surface area contributed by atoms with Gasteiger partial charge in [0.25, 0.3) is 0 Å². The molecule has 0 aliphatic rings. The van der Waals surface area contributed by atoms with Gasteiger partial charge in [0.1, 0.15) is 12.9 Å². The topological polar surface area (TPSA) is 101 Å². The predicted octanol–water partition coefficient (Wildman–Crippen LogP) is 1.58. The van der Waals surface area contributed by atoms with Gasteiger partial charge < -0.3 is 9.84 Å². The molecule has 0 bridgehead atoms. The fraction of sp³-hybridized carbons (Fsp3) is 0.333. The van der Waals surface area contributed by atoms with E-state index in [4.69, 9.17) is 9.84 Å². The summed E-state index contributed by atoms with van der Waals surface area (Å²) in [5.41, 5.74) is 2.23. The van der Waals surface area contributed by atoms with E-state index in [2.05, 4.69) is 14.7 Å².